The summed E-state index contributed by atoms with van der Waals surface area (Å²) >= 11 is 0. The third kappa shape index (κ3) is 2.62. The van der Waals surface area contributed by atoms with Crippen LogP contribution in [0.15, 0.2) is 16.9 Å². The Balaban J connectivity index is 1.84. The van der Waals surface area contributed by atoms with Crippen LogP contribution in [0.25, 0.3) is 0 Å². The molecular formula is C14H11F4N3O2. The van der Waals surface area contributed by atoms with Gasteiger partial charge in [-0.2, -0.15) is 0 Å². The van der Waals surface area contributed by atoms with Crippen molar-refractivity contribution in [3.63, 3.8) is 0 Å². The number of carbonyl (C=O) groups excluding carboxylic acids is 1. The molecular weight excluding hydrogens is 318 g/mol. The minimum atomic E-state index is -2.01. The number of nitrogens with one attached hydrogen (secondary N) is 2. The van der Waals surface area contributed by atoms with Crippen molar-refractivity contribution in [1.82, 2.24) is 15.1 Å². The Morgan fingerprint density at radius 2 is 1.83 bits per heavy atom. The van der Waals surface area contributed by atoms with Crippen LogP contribution in [0, 0.1) is 23.3 Å². The van der Waals surface area contributed by atoms with Crippen molar-refractivity contribution < 1.29 is 22.4 Å². The van der Waals surface area contributed by atoms with Crippen molar-refractivity contribution in [2.45, 2.75) is 12.3 Å². The molecule has 9 heteroatoms. The highest BCUT2D eigenvalue weighted by Crippen LogP contribution is 2.27. The molecule has 1 amide bonds. The van der Waals surface area contributed by atoms with Crippen molar-refractivity contribution in [2.24, 2.45) is 0 Å². The first-order valence-corrected chi connectivity index (χ1v) is 6.78. The van der Waals surface area contributed by atoms with Gasteiger partial charge in [0.25, 0.3) is 11.5 Å². The number of amides is 1. The van der Waals surface area contributed by atoms with Crippen molar-refractivity contribution >= 4 is 5.91 Å². The highest BCUT2D eigenvalue weighted by molar-refractivity contribution is 5.94. The molecule has 1 aliphatic heterocycles. The van der Waals surface area contributed by atoms with E-state index in [4.69, 9.17) is 0 Å². The van der Waals surface area contributed by atoms with E-state index in [1.54, 1.807) is 0 Å². The van der Waals surface area contributed by atoms with Gasteiger partial charge in [-0.15, -0.1) is 0 Å². The largest absolute Gasteiger partial charge is 0.338 e. The summed E-state index contributed by atoms with van der Waals surface area (Å²) in [4.78, 5) is 24.5. The smallest absolute Gasteiger partial charge is 0.264 e. The Labute approximate surface area is 126 Å². The fourth-order valence-electron chi connectivity index (χ4n) is 2.66. The monoisotopic (exact) mass is 329 g/mol. The number of H-pyrrole nitrogens is 2. The maximum Gasteiger partial charge on any atom is 0.264 e. The minimum absolute atomic E-state index is 0.146. The summed E-state index contributed by atoms with van der Waals surface area (Å²) in [5.41, 5.74) is -0.592. The van der Waals surface area contributed by atoms with E-state index in [-0.39, 0.29) is 24.6 Å². The molecule has 1 unspecified atom stereocenters. The summed E-state index contributed by atoms with van der Waals surface area (Å²) in [6.45, 7) is 0.365. The van der Waals surface area contributed by atoms with Crippen molar-refractivity contribution in [2.75, 3.05) is 13.1 Å². The molecule has 0 radical (unpaired) electrons. The highest BCUT2D eigenvalue weighted by atomic mass is 19.2. The number of likely N-dealkylation sites (tertiary alicyclic amines) is 1. The first-order chi connectivity index (χ1) is 10.9. The van der Waals surface area contributed by atoms with Crippen LogP contribution < -0.4 is 5.56 Å². The van der Waals surface area contributed by atoms with Crippen LogP contribution in [-0.4, -0.2) is 34.1 Å². The van der Waals surface area contributed by atoms with E-state index in [9.17, 15) is 27.2 Å². The summed E-state index contributed by atoms with van der Waals surface area (Å²) in [7, 11) is 0. The van der Waals surface area contributed by atoms with Crippen LogP contribution in [0.2, 0.25) is 0 Å². The lowest BCUT2D eigenvalue weighted by atomic mass is 10.1. The van der Waals surface area contributed by atoms with E-state index in [0.717, 1.165) is 0 Å². The van der Waals surface area contributed by atoms with Gasteiger partial charge >= 0.3 is 0 Å². The molecule has 5 nitrogen and oxygen atoms in total. The predicted octanol–water partition coefficient (Wildman–Crippen LogP) is 1.89. The van der Waals surface area contributed by atoms with Crippen molar-refractivity contribution in [3.8, 4) is 0 Å². The third-order valence-electron chi connectivity index (χ3n) is 3.86. The van der Waals surface area contributed by atoms with Crippen LogP contribution in [0.3, 0.4) is 0 Å². The fourth-order valence-corrected chi connectivity index (χ4v) is 2.66. The second kappa shape index (κ2) is 5.56. The molecule has 23 heavy (non-hydrogen) atoms. The van der Waals surface area contributed by atoms with Crippen molar-refractivity contribution in [1.29, 1.82) is 0 Å². The van der Waals surface area contributed by atoms with Gasteiger partial charge in [-0.1, -0.05) is 0 Å². The molecule has 0 aliphatic carbocycles. The van der Waals surface area contributed by atoms with Crippen LogP contribution in [0.5, 0.6) is 0 Å². The number of hydrogen-bond acceptors (Lipinski definition) is 2. The van der Waals surface area contributed by atoms with Crippen LogP contribution in [0.4, 0.5) is 17.6 Å². The molecule has 0 saturated carbocycles. The topological polar surface area (TPSA) is 69.0 Å². The molecule has 2 heterocycles. The lowest BCUT2D eigenvalue weighted by Crippen LogP contribution is -2.30. The SMILES string of the molecule is O=C(c1cc(F)c(F)c(F)c1F)N1CCC(c2cc(=O)[nH][nH]2)C1. The molecule has 1 aromatic carbocycles. The van der Waals surface area contributed by atoms with Crippen LogP contribution in [-0.2, 0) is 0 Å². The summed E-state index contributed by atoms with van der Waals surface area (Å²) in [5, 5.41) is 5.03. The number of benzene rings is 1. The van der Waals surface area contributed by atoms with Gasteiger partial charge < -0.3 is 10.00 Å². The average molecular weight is 329 g/mol. The molecule has 122 valence electrons. The number of rotatable bonds is 2. The zero-order chi connectivity index (χ0) is 16.7. The summed E-state index contributed by atoms with van der Waals surface area (Å²) < 4.78 is 53.1. The molecule has 1 fully saturated rings. The number of hydrogen-bond donors (Lipinski definition) is 2. The minimum Gasteiger partial charge on any atom is -0.338 e. The standard InChI is InChI=1S/C14H11F4N3O2/c15-8-3-7(11(16)13(18)12(8)17)14(23)21-2-1-6(5-21)9-4-10(22)20-19-9/h3-4,6H,1-2,5H2,(H2,19,20,22). The number of carbonyl (C=O) groups is 1. The molecule has 1 aliphatic rings. The average Bonchev–Trinajstić information content (AvgIpc) is 3.17. The summed E-state index contributed by atoms with van der Waals surface area (Å²) in [6, 6.07) is 1.69. The van der Waals surface area contributed by atoms with E-state index in [1.165, 1.54) is 11.0 Å². The molecule has 2 aromatic rings. The number of nitrogens with zero attached hydrogens (tertiary/aromatic N) is 1. The van der Waals surface area contributed by atoms with Gasteiger partial charge in [0.2, 0.25) is 0 Å². The maximum absolute atomic E-state index is 13.7. The molecule has 2 N–H and O–H groups in total. The molecule has 1 atom stereocenters. The first kappa shape index (κ1) is 15.3. The fraction of sp³-hybridized carbons (Fsp3) is 0.286. The highest BCUT2D eigenvalue weighted by Gasteiger charge is 2.32. The van der Waals surface area contributed by atoms with E-state index in [0.29, 0.717) is 18.2 Å². The van der Waals surface area contributed by atoms with E-state index >= 15 is 0 Å². The van der Waals surface area contributed by atoms with Crippen LogP contribution >= 0.6 is 0 Å². The number of aromatic amines is 2. The molecule has 1 saturated heterocycles. The van der Waals surface area contributed by atoms with Gasteiger partial charge in [-0.05, 0) is 12.5 Å². The molecule has 3 rings (SSSR count). The third-order valence-corrected chi connectivity index (χ3v) is 3.86. The summed E-state index contributed by atoms with van der Waals surface area (Å²) in [5.74, 6) is -8.43. The summed E-state index contributed by atoms with van der Waals surface area (Å²) in [6.07, 6.45) is 0.493. The van der Waals surface area contributed by atoms with Crippen molar-refractivity contribution in [3.05, 3.63) is 57.0 Å². The Morgan fingerprint density at radius 3 is 2.48 bits per heavy atom. The molecule has 0 spiro atoms. The zero-order valence-corrected chi connectivity index (χ0v) is 11.6. The Kier molecular flexibility index (Phi) is 3.70. The van der Waals surface area contributed by atoms with Gasteiger partial charge in [0.15, 0.2) is 23.3 Å². The normalized spacial score (nSPS) is 17.7. The second-order valence-electron chi connectivity index (χ2n) is 5.30. The first-order valence-electron chi connectivity index (χ1n) is 6.78. The quantitative estimate of drug-likeness (QED) is 0.502. The van der Waals surface area contributed by atoms with E-state index < -0.39 is 34.7 Å². The van der Waals surface area contributed by atoms with Gasteiger partial charge in [-0.3, -0.25) is 14.7 Å². The van der Waals surface area contributed by atoms with Gasteiger partial charge in [0, 0.05) is 30.8 Å². The lowest BCUT2D eigenvalue weighted by Gasteiger charge is -2.17. The number of aromatic nitrogens is 2. The van der Waals surface area contributed by atoms with Gasteiger partial charge in [-0.25, -0.2) is 17.6 Å². The Hall–Kier alpha value is -2.58. The van der Waals surface area contributed by atoms with E-state index in [2.05, 4.69) is 10.2 Å². The van der Waals surface area contributed by atoms with Gasteiger partial charge in [0.05, 0.1) is 5.56 Å². The van der Waals surface area contributed by atoms with Crippen LogP contribution in [0.1, 0.15) is 28.4 Å². The second-order valence-corrected chi connectivity index (χ2v) is 5.30. The Bertz CT molecular complexity index is 830. The Morgan fingerprint density at radius 1 is 1.09 bits per heavy atom. The lowest BCUT2D eigenvalue weighted by molar-refractivity contribution is 0.0783. The van der Waals surface area contributed by atoms with E-state index in [1.807, 2.05) is 0 Å². The predicted molar refractivity (Wildman–Crippen MR) is 70.9 cm³/mol. The molecule has 0 bridgehead atoms. The number of halogens is 4. The molecule has 1 aromatic heterocycles. The zero-order valence-electron chi connectivity index (χ0n) is 11.6. The maximum atomic E-state index is 13.7. The van der Waals surface area contributed by atoms with Gasteiger partial charge in [0.1, 0.15) is 0 Å².